The van der Waals surface area contributed by atoms with Gasteiger partial charge in [-0.2, -0.15) is 0 Å². The third kappa shape index (κ3) is 5.61. The van der Waals surface area contributed by atoms with E-state index in [2.05, 4.69) is 33.0 Å². The van der Waals surface area contributed by atoms with Gasteiger partial charge in [0.1, 0.15) is 11.5 Å². The van der Waals surface area contributed by atoms with E-state index in [1.165, 1.54) is 17.7 Å². The molecule has 0 atom stereocenters. The fourth-order valence-corrected chi connectivity index (χ4v) is 4.25. The Balaban J connectivity index is 1.39. The quantitative estimate of drug-likeness (QED) is 0.757. The summed E-state index contributed by atoms with van der Waals surface area (Å²) in [6.07, 6.45) is 2.38. The Morgan fingerprint density at radius 2 is 1.89 bits per heavy atom. The Morgan fingerprint density at radius 1 is 1.19 bits per heavy atom. The fraction of sp³-hybridized carbons (Fsp3) is 0.450. The van der Waals surface area contributed by atoms with E-state index in [4.69, 9.17) is 9.47 Å². The van der Waals surface area contributed by atoms with Crippen molar-refractivity contribution in [2.75, 3.05) is 45.7 Å². The topological polar surface area (TPSA) is 62.8 Å². The third-order valence-electron chi connectivity index (χ3n) is 4.86. The molecule has 3 rings (SSSR count). The zero-order valence-corrected chi connectivity index (χ0v) is 16.7. The lowest BCUT2D eigenvalue weighted by atomic mass is 9.95. The number of likely N-dealkylation sites (tertiary alicyclic amines) is 1. The first-order valence-corrected chi connectivity index (χ1v) is 10.1. The molecule has 0 radical (unpaired) electrons. The molecule has 2 N–H and O–H groups in total. The highest BCUT2D eigenvalue weighted by Crippen LogP contribution is 2.30. The number of hydrogen-bond donors (Lipinski definition) is 2. The fourth-order valence-electron chi connectivity index (χ4n) is 3.35. The van der Waals surface area contributed by atoms with Crippen LogP contribution in [0.15, 0.2) is 35.7 Å². The zero-order chi connectivity index (χ0) is 19.1. The average molecular weight is 390 g/mol. The van der Waals surface area contributed by atoms with Crippen LogP contribution in [-0.2, 0) is 0 Å². The lowest BCUT2D eigenvalue weighted by Crippen LogP contribution is -2.40. The van der Waals surface area contributed by atoms with Gasteiger partial charge in [-0.3, -0.25) is 0 Å². The second-order valence-corrected chi connectivity index (χ2v) is 7.59. The van der Waals surface area contributed by atoms with Crippen LogP contribution in [0.25, 0.3) is 0 Å². The summed E-state index contributed by atoms with van der Waals surface area (Å²) in [6, 6.07) is 9.44. The molecule has 0 unspecified atom stereocenters. The van der Waals surface area contributed by atoms with Gasteiger partial charge < -0.3 is 25.0 Å². The first-order valence-electron chi connectivity index (χ1n) is 9.21. The van der Waals surface area contributed by atoms with Crippen LogP contribution in [0.2, 0.25) is 0 Å². The highest BCUT2D eigenvalue weighted by molar-refractivity contribution is 7.10. The van der Waals surface area contributed by atoms with Crippen molar-refractivity contribution in [2.45, 2.75) is 18.8 Å². The molecular formula is C20H27N3O3S. The van der Waals surface area contributed by atoms with Crippen molar-refractivity contribution in [3.8, 4) is 11.5 Å². The van der Waals surface area contributed by atoms with Gasteiger partial charge in [-0.15, -0.1) is 11.3 Å². The van der Waals surface area contributed by atoms with Gasteiger partial charge in [0.2, 0.25) is 0 Å². The predicted molar refractivity (Wildman–Crippen MR) is 109 cm³/mol. The smallest absolute Gasteiger partial charge is 0.319 e. The van der Waals surface area contributed by atoms with Crippen LogP contribution < -0.4 is 20.1 Å². The van der Waals surface area contributed by atoms with Gasteiger partial charge in [-0.05, 0) is 43.3 Å². The van der Waals surface area contributed by atoms with Gasteiger partial charge in [-0.1, -0.05) is 6.07 Å². The molecule has 1 fully saturated rings. The van der Waals surface area contributed by atoms with Gasteiger partial charge in [-0.25, -0.2) is 4.79 Å². The maximum absolute atomic E-state index is 12.1. The summed E-state index contributed by atoms with van der Waals surface area (Å²) in [7, 11) is 3.17. The summed E-state index contributed by atoms with van der Waals surface area (Å²) in [5.74, 6) is 1.97. The van der Waals surface area contributed by atoms with Crippen LogP contribution in [0, 0.1) is 0 Å². The molecule has 0 aliphatic carbocycles. The third-order valence-corrected chi connectivity index (χ3v) is 5.89. The largest absolute Gasteiger partial charge is 0.497 e. The second-order valence-electron chi connectivity index (χ2n) is 6.61. The van der Waals surface area contributed by atoms with E-state index in [1.807, 2.05) is 11.3 Å². The van der Waals surface area contributed by atoms with Gasteiger partial charge in [0.05, 0.1) is 14.2 Å². The Hall–Kier alpha value is -2.25. The summed E-state index contributed by atoms with van der Waals surface area (Å²) >= 11 is 1.86. The van der Waals surface area contributed by atoms with Crippen molar-refractivity contribution >= 4 is 23.1 Å². The molecule has 1 aromatic heterocycles. The predicted octanol–water partition coefficient (Wildman–Crippen LogP) is 3.77. The van der Waals surface area contributed by atoms with Crippen LogP contribution in [0.4, 0.5) is 10.5 Å². The lowest BCUT2D eigenvalue weighted by Gasteiger charge is -2.31. The molecule has 0 saturated carbocycles. The van der Waals surface area contributed by atoms with E-state index >= 15 is 0 Å². The van der Waals surface area contributed by atoms with Crippen molar-refractivity contribution in [2.24, 2.45) is 0 Å². The average Bonchev–Trinajstić information content (AvgIpc) is 3.23. The van der Waals surface area contributed by atoms with E-state index in [0.29, 0.717) is 29.6 Å². The minimum atomic E-state index is -0.223. The molecule has 0 spiro atoms. The normalized spacial score (nSPS) is 15.3. The monoisotopic (exact) mass is 389 g/mol. The number of nitrogens with one attached hydrogen (secondary N) is 2. The molecule has 2 aromatic rings. The van der Waals surface area contributed by atoms with Crippen LogP contribution >= 0.6 is 11.3 Å². The number of nitrogens with zero attached hydrogens (tertiary/aromatic N) is 1. The number of urea groups is 1. The first kappa shape index (κ1) is 19.5. The van der Waals surface area contributed by atoms with Gasteiger partial charge >= 0.3 is 6.03 Å². The summed E-state index contributed by atoms with van der Waals surface area (Å²) in [5, 5.41) is 7.90. The van der Waals surface area contributed by atoms with Crippen molar-refractivity contribution in [1.29, 1.82) is 0 Å². The van der Waals surface area contributed by atoms with Crippen molar-refractivity contribution in [3.05, 3.63) is 40.6 Å². The number of methoxy groups -OCH3 is 2. The SMILES string of the molecule is COc1cc(NC(=O)NCCN2CCC(c3cccs3)CC2)cc(OC)c1. The first-order chi connectivity index (χ1) is 13.2. The number of amides is 2. The Labute approximate surface area is 164 Å². The number of benzene rings is 1. The number of anilines is 1. The summed E-state index contributed by atoms with van der Waals surface area (Å²) in [4.78, 5) is 16.1. The van der Waals surface area contributed by atoms with Gasteiger partial charge in [0.15, 0.2) is 0 Å². The molecule has 2 heterocycles. The lowest BCUT2D eigenvalue weighted by molar-refractivity contribution is 0.212. The van der Waals surface area contributed by atoms with Gasteiger partial charge in [0.25, 0.3) is 0 Å². The number of ether oxygens (including phenoxy) is 2. The van der Waals surface area contributed by atoms with Gasteiger partial charge in [0, 0.05) is 41.9 Å². The maximum Gasteiger partial charge on any atom is 0.319 e. The standard InChI is InChI=1S/C20H27N3O3S/c1-25-17-12-16(13-18(14-17)26-2)22-20(24)21-7-10-23-8-5-15(6-9-23)19-4-3-11-27-19/h3-4,11-15H,5-10H2,1-2H3,(H2,21,22,24). The maximum atomic E-state index is 12.1. The number of hydrogen-bond acceptors (Lipinski definition) is 5. The minimum absolute atomic E-state index is 0.223. The van der Waals surface area contributed by atoms with Crippen molar-refractivity contribution in [1.82, 2.24) is 10.2 Å². The van der Waals surface area contributed by atoms with E-state index in [1.54, 1.807) is 32.4 Å². The molecule has 1 aliphatic rings. The van der Waals surface area contributed by atoms with Crippen LogP contribution in [-0.4, -0.2) is 51.3 Å². The molecule has 1 saturated heterocycles. The highest BCUT2D eigenvalue weighted by Gasteiger charge is 2.20. The molecule has 2 amide bonds. The molecule has 1 aromatic carbocycles. The molecule has 1 aliphatic heterocycles. The molecule has 146 valence electrons. The number of carbonyl (C=O) groups is 1. The van der Waals surface area contributed by atoms with E-state index in [9.17, 15) is 4.79 Å². The highest BCUT2D eigenvalue weighted by atomic mass is 32.1. The number of thiophene rings is 1. The Kier molecular flexibility index (Phi) is 6.95. The summed E-state index contributed by atoms with van der Waals surface area (Å²) in [6.45, 7) is 3.65. The van der Waals surface area contributed by atoms with Crippen LogP contribution in [0.1, 0.15) is 23.6 Å². The van der Waals surface area contributed by atoms with Crippen molar-refractivity contribution < 1.29 is 14.3 Å². The molecule has 7 heteroatoms. The van der Waals surface area contributed by atoms with Crippen molar-refractivity contribution in [3.63, 3.8) is 0 Å². The Bertz CT molecular complexity index is 706. The Morgan fingerprint density at radius 3 is 2.48 bits per heavy atom. The van der Waals surface area contributed by atoms with Crippen LogP contribution in [0.3, 0.4) is 0 Å². The summed E-state index contributed by atoms with van der Waals surface area (Å²) in [5.41, 5.74) is 0.639. The van der Waals surface area contributed by atoms with E-state index in [0.717, 1.165) is 19.6 Å². The molecule has 27 heavy (non-hydrogen) atoms. The van der Waals surface area contributed by atoms with Crippen LogP contribution in [0.5, 0.6) is 11.5 Å². The minimum Gasteiger partial charge on any atom is -0.497 e. The molecule has 6 nitrogen and oxygen atoms in total. The number of rotatable bonds is 7. The zero-order valence-electron chi connectivity index (χ0n) is 15.9. The molecule has 0 bridgehead atoms. The molecular weight excluding hydrogens is 362 g/mol. The number of piperidine rings is 1. The second kappa shape index (κ2) is 9.62. The van der Waals surface area contributed by atoms with E-state index < -0.39 is 0 Å². The number of carbonyl (C=O) groups excluding carboxylic acids is 1. The summed E-state index contributed by atoms with van der Waals surface area (Å²) < 4.78 is 10.4. The van der Waals surface area contributed by atoms with E-state index in [-0.39, 0.29) is 6.03 Å².